The maximum Gasteiger partial charge on any atom is 0.232 e. The summed E-state index contributed by atoms with van der Waals surface area (Å²) in [5, 5.41) is 4.02. The lowest BCUT2D eigenvalue weighted by Crippen LogP contribution is -2.12. The molecule has 0 radical (unpaired) electrons. The van der Waals surface area contributed by atoms with Crippen LogP contribution in [0, 0.1) is 5.92 Å². The Balaban J connectivity index is 2.89. The minimum atomic E-state index is -0.0536. The second kappa shape index (κ2) is 3.71. The predicted molar refractivity (Wildman–Crippen MR) is 56.3 cm³/mol. The molecule has 3 nitrogen and oxygen atoms in total. The van der Waals surface area contributed by atoms with Crippen molar-refractivity contribution in [1.29, 1.82) is 0 Å². The van der Waals surface area contributed by atoms with Crippen LogP contribution in [0.3, 0.4) is 0 Å². The first-order chi connectivity index (χ1) is 6.32. The van der Waals surface area contributed by atoms with E-state index in [9.17, 15) is 0 Å². The SMILES string of the molecule is CC(C)C(C)c1noc(C(C)(C)C)n1. The van der Waals surface area contributed by atoms with Crippen LogP contribution in [0.5, 0.6) is 0 Å². The normalized spacial score (nSPS) is 14.8. The molecule has 0 fully saturated rings. The van der Waals surface area contributed by atoms with Crippen LogP contribution in [-0.4, -0.2) is 10.1 Å². The first-order valence-corrected chi connectivity index (χ1v) is 5.16. The van der Waals surface area contributed by atoms with Gasteiger partial charge in [-0.2, -0.15) is 4.98 Å². The second-order valence-corrected chi connectivity index (χ2v) is 5.24. The van der Waals surface area contributed by atoms with Gasteiger partial charge in [-0.15, -0.1) is 0 Å². The summed E-state index contributed by atoms with van der Waals surface area (Å²) < 4.78 is 5.24. The molecule has 0 aliphatic carbocycles. The standard InChI is InChI=1S/C11H20N2O/c1-7(2)8(3)9-12-10(14-13-9)11(4,5)6/h7-8H,1-6H3. The molecule has 0 saturated heterocycles. The molecule has 0 spiro atoms. The maximum atomic E-state index is 5.24. The Morgan fingerprint density at radius 1 is 1.14 bits per heavy atom. The molecule has 0 amide bonds. The van der Waals surface area contributed by atoms with E-state index in [0.29, 0.717) is 11.8 Å². The van der Waals surface area contributed by atoms with Gasteiger partial charge in [-0.05, 0) is 5.92 Å². The Bertz CT molecular complexity index is 296. The molecule has 0 aliphatic rings. The van der Waals surface area contributed by atoms with Crippen LogP contribution in [0.1, 0.15) is 59.2 Å². The van der Waals surface area contributed by atoms with Gasteiger partial charge in [0.2, 0.25) is 5.89 Å². The third-order valence-electron chi connectivity index (χ3n) is 2.49. The monoisotopic (exact) mass is 196 g/mol. The van der Waals surface area contributed by atoms with Gasteiger partial charge >= 0.3 is 0 Å². The number of hydrogen-bond donors (Lipinski definition) is 0. The zero-order chi connectivity index (χ0) is 10.9. The Kier molecular flexibility index (Phi) is 2.98. The van der Waals surface area contributed by atoms with E-state index in [1.54, 1.807) is 0 Å². The van der Waals surface area contributed by atoms with Crippen molar-refractivity contribution in [2.24, 2.45) is 5.92 Å². The summed E-state index contributed by atoms with van der Waals surface area (Å²) in [6, 6.07) is 0. The van der Waals surface area contributed by atoms with Crippen LogP contribution in [-0.2, 0) is 5.41 Å². The van der Waals surface area contributed by atoms with Crippen molar-refractivity contribution >= 4 is 0 Å². The highest BCUT2D eigenvalue weighted by Gasteiger charge is 2.24. The molecular weight excluding hydrogens is 176 g/mol. The van der Waals surface area contributed by atoms with Crippen molar-refractivity contribution < 1.29 is 4.52 Å². The zero-order valence-corrected chi connectivity index (χ0v) is 9.96. The van der Waals surface area contributed by atoms with Gasteiger partial charge in [0.05, 0.1) is 0 Å². The minimum Gasteiger partial charge on any atom is -0.339 e. The Morgan fingerprint density at radius 2 is 1.71 bits per heavy atom. The van der Waals surface area contributed by atoms with Crippen LogP contribution in [0.25, 0.3) is 0 Å². The lowest BCUT2D eigenvalue weighted by atomic mass is 9.96. The van der Waals surface area contributed by atoms with Crippen molar-refractivity contribution in [2.45, 2.75) is 52.9 Å². The summed E-state index contributed by atoms with van der Waals surface area (Å²) in [5.74, 6) is 2.44. The van der Waals surface area contributed by atoms with E-state index in [1.165, 1.54) is 0 Å². The molecule has 0 saturated carbocycles. The van der Waals surface area contributed by atoms with E-state index in [2.05, 4.69) is 51.7 Å². The van der Waals surface area contributed by atoms with E-state index >= 15 is 0 Å². The van der Waals surface area contributed by atoms with Crippen molar-refractivity contribution in [2.75, 3.05) is 0 Å². The fraction of sp³-hybridized carbons (Fsp3) is 0.818. The fourth-order valence-electron chi connectivity index (χ4n) is 1.02. The zero-order valence-electron chi connectivity index (χ0n) is 9.96. The minimum absolute atomic E-state index is 0.0536. The molecule has 14 heavy (non-hydrogen) atoms. The third-order valence-corrected chi connectivity index (χ3v) is 2.49. The molecule has 1 aromatic heterocycles. The average molecular weight is 196 g/mol. The van der Waals surface area contributed by atoms with Gasteiger partial charge < -0.3 is 4.52 Å². The quantitative estimate of drug-likeness (QED) is 0.729. The molecule has 1 unspecified atom stereocenters. The van der Waals surface area contributed by atoms with E-state index in [-0.39, 0.29) is 5.41 Å². The summed E-state index contributed by atoms with van der Waals surface area (Å²) >= 11 is 0. The first kappa shape index (κ1) is 11.2. The van der Waals surface area contributed by atoms with E-state index in [0.717, 1.165) is 11.7 Å². The number of nitrogens with zero attached hydrogens (tertiary/aromatic N) is 2. The van der Waals surface area contributed by atoms with Gasteiger partial charge in [-0.1, -0.05) is 46.7 Å². The van der Waals surface area contributed by atoms with Crippen LogP contribution >= 0.6 is 0 Å². The highest BCUT2D eigenvalue weighted by molar-refractivity contribution is 5.01. The van der Waals surface area contributed by atoms with Gasteiger partial charge in [0.1, 0.15) is 0 Å². The number of hydrogen-bond acceptors (Lipinski definition) is 3. The van der Waals surface area contributed by atoms with Gasteiger partial charge in [-0.3, -0.25) is 0 Å². The van der Waals surface area contributed by atoms with E-state index in [1.807, 2.05) is 0 Å². The molecule has 0 aliphatic heterocycles. The second-order valence-electron chi connectivity index (χ2n) is 5.24. The molecular formula is C11H20N2O. The summed E-state index contributed by atoms with van der Waals surface area (Å²) in [7, 11) is 0. The lowest BCUT2D eigenvalue weighted by Gasteiger charge is -2.12. The average Bonchev–Trinajstić information content (AvgIpc) is 2.49. The highest BCUT2D eigenvalue weighted by Crippen LogP contribution is 2.25. The molecule has 1 atom stereocenters. The van der Waals surface area contributed by atoms with Crippen molar-refractivity contribution in [3.05, 3.63) is 11.7 Å². The molecule has 0 bridgehead atoms. The van der Waals surface area contributed by atoms with Gasteiger partial charge in [0, 0.05) is 11.3 Å². The molecule has 0 aromatic carbocycles. The molecule has 3 heteroatoms. The molecule has 0 N–H and O–H groups in total. The van der Waals surface area contributed by atoms with Crippen LogP contribution < -0.4 is 0 Å². The topological polar surface area (TPSA) is 38.9 Å². The Hall–Kier alpha value is -0.860. The molecule has 1 heterocycles. The van der Waals surface area contributed by atoms with Crippen LogP contribution in [0.2, 0.25) is 0 Å². The van der Waals surface area contributed by atoms with Gasteiger partial charge in [0.15, 0.2) is 5.82 Å². The molecule has 1 rings (SSSR count). The number of aromatic nitrogens is 2. The Labute approximate surface area is 85.9 Å². The van der Waals surface area contributed by atoms with Crippen LogP contribution in [0.15, 0.2) is 4.52 Å². The summed E-state index contributed by atoms with van der Waals surface area (Å²) in [6.45, 7) is 12.7. The molecule has 80 valence electrons. The fourth-order valence-corrected chi connectivity index (χ4v) is 1.02. The van der Waals surface area contributed by atoms with Gasteiger partial charge in [-0.25, -0.2) is 0 Å². The van der Waals surface area contributed by atoms with Crippen molar-refractivity contribution in [3.63, 3.8) is 0 Å². The largest absolute Gasteiger partial charge is 0.339 e. The van der Waals surface area contributed by atoms with Crippen LogP contribution in [0.4, 0.5) is 0 Å². The number of rotatable bonds is 2. The maximum absolute atomic E-state index is 5.24. The smallest absolute Gasteiger partial charge is 0.232 e. The van der Waals surface area contributed by atoms with E-state index < -0.39 is 0 Å². The summed E-state index contributed by atoms with van der Waals surface area (Å²) in [6.07, 6.45) is 0. The van der Waals surface area contributed by atoms with E-state index in [4.69, 9.17) is 4.52 Å². The lowest BCUT2D eigenvalue weighted by molar-refractivity contribution is 0.315. The van der Waals surface area contributed by atoms with Crippen molar-refractivity contribution in [1.82, 2.24) is 10.1 Å². The summed E-state index contributed by atoms with van der Waals surface area (Å²) in [4.78, 5) is 4.42. The highest BCUT2D eigenvalue weighted by atomic mass is 16.5. The van der Waals surface area contributed by atoms with Crippen molar-refractivity contribution in [3.8, 4) is 0 Å². The Morgan fingerprint density at radius 3 is 2.07 bits per heavy atom. The first-order valence-electron chi connectivity index (χ1n) is 5.16. The third kappa shape index (κ3) is 2.34. The predicted octanol–water partition coefficient (Wildman–Crippen LogP) is 3.13. The summed E-state index contributed by atoms with van der Waals surface area (Å²) in [5.41, 5.74) is -0.0536. The molecule has 1 aromatic rings. The van der Waals surface area contributed by atoms with Gasteiger partial charge in [0.25, 0.3) is 0 Å².